The Morgan fingerprint density at radius 2 is 1.86 bits per heavy atom. The molecule has 0 amide bonds. The van der Waals surface area contributed by atoms with E-state index in [-0.39, 0.29) is 0 Å². The van der Waals surface area contributed by atoms with Gasteiger partial charge in [0.15, 0.2) is 6.10 Å². The molecule has 5 heteroatoms. The van der Waals surface area contributed by atoms with Crippen LogP contribution in [0.5, 0.6) is 5.75 Å². The zero-order valence-corrected chi connectivity index (χ0v) is 16.2. The summed E-state index contributed by atoms with van der Waals surface area (Å²) in [6.07, 6.45) is -0.552. The monoisotopic (exact) mass is 379 g/mol. The van der Waals surface area contributed by atoms with Crippen molar-refractivity contribution in [3.05, 3.63) is 78.0 Å². The van der Waals surface area contributed by atoms with Crippen LogP contribution in [0.2, 0.25) is 0 Å². The molecule has 0 fully saturated rings. The second-order valence-corrected chi connectivity index (χ2v) is 6.64. The Balaban J connectivity index is 1.64. The van der Waals surface area contributed by atoms with Gasteiger partial charge in [-0.2, -0.15) is 0 Å². The summed E-state index contributed by atoms with van der Waals surface area (Å²) in [5.41, 5.74) is 4.39. The topological polar surface area (TPSA) is 60.7 Å². The van der Waals surface area contributed by atoms with Crippen LogP contribution in [0.1, 0.15) is 11.3 Å². The third-order valence-electron chi connectivity index (χ3n) is 4.73. The van der Waals surface area contributed by atoms with E-state index in [1.54, 1.807) is 0 Å². The van der Waals surface area contributed by atoms with Crippen molar-refractivity contribution in [2.24, 2.45) is 0 Å². The average Bonchev–Trinajstić information content (AvgIpc) is 3.07. The first kappa shape index (κ1) is 19.7. The van der Waals surface area contributed by atoms with Crippen molar-refractivity contribution >= 4 is 5.97 Å². The van der Waals surface area contributed by atoms with E-state index >= 15 is 0 Å². The summed E-state index contributed by atoms with van der Waals surface area (Å²) >= 11 is 0. The molecule has 2 aromatic carbocycles. The van der Waals surface area contributed by atoms with Crippen LogP contribution in [-0.4, -0.2) is 35.5 Å². The van der Waals surface area contributed by atoms with Crippen molar-refractivity contribution in [3.8, 4) is 17.0 Å². The standard InChI is InChI=1S/C23H25NO4/c1-17-11-12-21(19-8-4-3-5-9-19)24(17)13-14-28-20-10-6-7-18(15-20)16-22(27-2)23(25)26/h3-12,15,22H,13-14,16H2,1-2H3,(H,25,26). The van der Waals surface area contributed by atoms with Crippen molar-refractivity contribution in [1.29, 1.82) is 0 Å². The molecule has 0 spiro atoms. The van der Waals surface area contributed by atoms with Crippen LogP contribution in [0.4, 0.5) is 0 Å². The van der Waals surface area contributed by atoms with Gasteiger partial charge in [0.05, 0.1) is 6.54 Å². The second-order valence-electron chi connectivity index (χ2n) is 6.64. The third-order valence-corrected chi connectivity index (χ3v) is 4.73. The Morgan fingerprint density at radius 1 is 1.07 bits per heavy atom. The highest BCUT2D eigenvalue weighted by Gasteiger charge is 2.17. The first-order valence-electron chi connectivity index (χ1n) is 9.27. The van der Waals surface area contributed by atoms with Gasteiger partial charge in [-0.1, -0.05) is 42.5 Å². The lowest BCUT2D eigenvalue weighted by molar-refractivity contribution is -0.148. The Kier molecular flexibility index (Phi) is 6.50. The Hall–Kier alpha value is -3.05. The number of carbonyl (C=O) groups is 1. The highest BCUT2D eigenvalue weighted by Crippen LogP contribution is 2.22. The number of carboxylic acid groups (broad SMARTS) is 1. The Labute approximate surface area is 165 Å². The van der Waals surface area contributed by atoms with Gasteiger partial charge >= 0.3 is 5.97 Å². The van der Waals surface area contributed by atoms with E-state index in [2.05, 4.69) is 35.8 Å². The van der Waals surface area contributed by atoms with Gasteiger partial charge in [-0.15, -0.1) is 0 Å². The van der Waals surface area contributed by atoms with Crippen LogP contribution in [0.25, 0.3) is 11.3 Å². The van der Waals surface area contributed by atoms with Crippen molar-refractivity contribution < 1.29 is 19.4 Å². The summed E-state index contributed by atoms with van der Waals surface area (Å²) < 4.78 is 13.2. The minimum atomic E-state index is -0.967. The van der Waals surface area contributed by atoms with Gasteiger partial charge in [-0.25, -0.2) is 4.79 Å². The fraction of sp³-hybridized carbons (Fsp3) is 0.261. The maximum Gasteiger partial charge on any atom is 0.333 e. The lowest BCUT2D eigenvalue weighted by Gasteiger charge is -2.14. The van der Waals surface area contributed by atoms with Crippen LogP contribution < -0.4 is 4.74 Å². The zero-order chi connectivity index (χ0) is 19.9. The summed E-state index contributed by atoms with van der Waals surface area (Å²) in [6, 6.07) is 22.0. The molecule has 3 rings (SSSR count). The predicted molar refractivity (Wildman–Crippen MR) is 109 cm³/mol. The zero-order valence-electron chi connectivity index (χ0n) is 16.2. The van der Waals surface area contributed by atoms with Gasteiger partial charge in [0.1, 0.15) is 12.4 Å². The van der Waals surface area contributed by atoms with Gasteiger partial charge in [0, 0.05) is 24.9 Å². The molecule has 3 aromatic rings. The van der Waals surface area contributed by atoms with Crippen LogP contribution in [0.3, 0.4) is 0 Å². The molecular weight excluding hydrogens is 354 g/mol. The quantitative estimate of drug-likeness (QED) is 0.606. The molecule has 1 aromatic heterocycles. The van der Waals surface area contributed by atoms with Crippen LogP contribution in [0.15, 0.2) is 66.7 Å². The molecule has 0 bridgehead atoms. The van der Waals surface area contributed by atoms with Crippen molar-refractivity contribution in [2.75, 3.05) is 13.7 Å². The molecule has 0 radical (unpaired) electrons. The normalized spacial score (nSPS) is 11.9. The first-order valence-corrected chi connectivity index (χ1v) is 9.27. The van der Waals surface area contributed by atoms with E-state index < -0.39 is 12.1 Å². The number of benzene rings is 2. The molecule has 1 heterocycles. The summed E-state index contributed by atoms with van der Waals surface area (Å²) in [6.45, 7) is 3.33. The minimum Gasteiger partial charge on any atom is -0.492 e. The minimum absolute atomic E-state index is 0.303. The van der Waals surface area contributed by atoms with Crippen molar-refractivity contribution in [3.63, 3.8) is 0 Å². The molecule has 1 N–H and O–H groups in total. The summed E-state index contributed by atoms with van der Waals surface area (Å²) in [4.78, 5) is 11.1. The fourth-order valence-electron chi connectivity index (χ4n) is 3.23. The number of aromatic nitrogens is 1. The molecule has 0 saturated heterocycles. The third kappa shape index (κ3) is 4.81. The summed E-state index contributed by atoms with van der Waals surface area (Å²) in [5, 5.41) is 9.14. The average molecular weight is 379 g/mol. The number of aryl methyl sites for hydroxylation is 1. The highest BCUT2D eigenvalue weighted by molar-refractivity contribution is 5.72. The number of nitrogens with zero attached hydrogens (tertiary/aromatic N) is 1. The number of aliphatic carboxylic acids is 1. The summed E-state index contributed by atoms with van der Waals surface area (Å²) in [5.74, 6) is -0.242. The maximum absolute atomic E-state index is 11.1. The lowest BCUT2D eigenvalue weighted by Crippen LogP contribution is -2.24. The lowest BCUT2D eigenvalue weighted by atomic mass is 10.1. The van der Waals surface area contributed by atoms with Gasteiger partial charge in [-0.3, -0.25) is 0 Å². The van der Waals surface area contributed by atoms with Crippen molar-refractivity contribution in [2.45, 2.75) is 26.0 Å². The van der Waals surface area contributed by atoms with E-state index in [0.29, 0.717) is 13.0 Å². The number of ether oxygens (including phenoxy) is 2. The number of methoxy groups -OCH3 is 1. The highest BCUT2D eigenvalue weighted by atomic mass is 16.5. The van der Waals surface area contributed by atoms with E-state index in [4.69, 9.17) is 14.6 Å². The molecule has 0 aliphatic carbocycles. The molecule has 1 unspecified atom stereocenters. The number of hydrogen-bond donors (Lipinski definition) is 1. The van der Waals surface area contributed by atoms with Crippen molar-refractivity contribution in [1.82, 2.24) is 4.57 Å². The van der Waals surface area contributed by atoms with Gasteiger partial charge in [0.2, 0.25) is 0 Å². The molecule has 5 nitrogen and oxygen atoms in total. The molecule has 1 atom stereocenters. The van der Waals surface area contributed by atoms with E-state index in [0.717, 1.165) is 17.9 Å². The maximum atomic E-state index is 11.1. The van der Waals surface area contributed by atoms with Crippen LogP contribution in [0, 0.1) is 6.92 Å². The molecular formula is C23H25NO4. The Bertz CT molecular complexity index is 917. The van der Waals surface area contributed by atoms with E-state index in [9.17, 15) is 4.79 Å². The van der Waals surface area contributed by atoms with E-state index in [1.165, 1.54) is 24.1 Å². The van der Waals surface area contributed by atoms with Crippen LogP contribution >= 0.6 is 0 Å². The number of rotatable bonds is 9. The smallest absolute Gasteiger partial charge is 0.333 e. The summed E-state index contributed by atoms with van der Waals surface area (Å²) in [7, 11) is 1.41. The molecule has 0 aliphatic rings. The molecule has 0 saturated carbocycles. The van der Waals surface area contributed by atoms with E-state index in [1.807, 2.05) is 42.5 Å². The second kappa shape index (κ2) is 9.24. The predicted octanol–water partition coefficient (Wildman–Crippen LogP) is 4.18. The fourth-order valence-corrected chi connectivity index (χ4v) is 3.23. The van der Waals surface area contributed by atoms with Gasteiger partial charge in [0.25, 0.3) is 0 Å². The number of carboxylic acids is 1. The molecule has 28 heavy (non-hydrogen) atoms. The van der Waals surface area contributed by atoms with Gasteiger partial charge in [-0.05, 0) is 42.3 Å². The molecule has 146 valence electrons. The molecule has 0 aliphatic heterocycles. The Morgan fingerprint density at radius 3 is 2.57 bits per heavy atom. The van der Waals surface area contributed by atoms with Crippen LogP contribution in [-0.2, 0) is 22.5 Å². The largest absolute Gasteiger partial charge is 0.492 e. The number of hydrogen-bond acceptors (Lipinski definition) is 3. The van der Waals surface area contributed by atoms with Gasteiger partial charge < -0.3 is 19.1 Å². The first-order chi connectivity index (χ1) is 13.6. The SMILES string of the molecule is COC(Cc1cccc(OCCn2c(C)ccc2-c2ccccc2)c1)C(=O)O.